The predicted octanol–water partition coefficient (Wildman–Crippen LogP) is 3.82. The van der Waals surface area contributed by atoms with Crippen molar-refractivity contribution in [3.8, 4) is 0 Å². The van der Waals surface area contributed by atoms with Crippen molar-refractivity contribution < 1.29 is 13.0 Å². The summed E-state index contributed by atoms with van der Waals surface area (Å²) in [7, 11) is -1.33. The SMILES string of the molecule is O=S(Cc1ccc(F)cc1)c1ccc2cc(F)ccc2n1. The average Bonchev–Trinajstić information content (AvgIpc) is 2.49. The summed E-state index contributed by atoms with van der Waals surface area (Å²) in [4.78, 5) is 4.29. The fourth-order valence-electron chi connectivity index (χ4n) is 2.01. The van der Waals surface area contributed by atoms with Crippen molar-refractivity contribution in [2.24, 2.45) is 0 Å². The summed E-state index contributed by atoms with van der Waals surface area (Å²) in [6.07, 6.45) is 0. The summed E-state index contributed by atoms with van der Waals surface area (Å²) in [5, 5.41) is 1.09. The fourth-order valence-corrected chi connectivity index (χ4v) is 3.07. The fraction of sp³-hybridized carbons (Fsp3) is 0.0625. The quantitative estimate of drug-likeness (QED) is 0.736. The van der Waals surface area contributed by atoms with Gasteiger partial charge in [0.05, 0.1) is 22.1 Å². The molecule has 1 heterocycles. The molecule has 0 saturated heterocycles. The van der Waals surface area contributed by atoms with Gasteiger partial charge in [0.2, 0.25) is 0 Å². The molecule has 3 aromatic rings. The van der Waals surface area contributed by atoms with Gasteiger partial charge in [-0.25, -0.2) is 13.8 Å². The van der Waals surface area contributed by atoms with E-state index in [9.17, 15) is 13.0 Å². The van der Waals surface area contributed by atoms with Crippen LogP contribution in [0.1, 0.15) is 5.56 Å². The Balaban J connectivity index is 1.87. The van der Waals surface area contributed by atoms with E-state index in [0.717, 1.165) is 5.56 Å². The molecule has 1 unspecified atom stereocenters. The van der Waals surface area contributed by atoms with E-state index in [1.165, 1.54) is 24.3 Å². The van der Waals surface area contributed by atoms with E-state index in [1.807, 2.05) is 0 Å². The molecule has 0 aliphatic carbocycles. The van der Waals surface area contributed by atoms with E-state index >= 15 is 0 Å². The Bertz CT molecular complexity index is 818. The third-order valence-corrected chi connectivity index (χ3v) is 4.36. The number of pyridine rings is 1. The molecule has 0 N–H and O–H groups in total. The van der Waals surface area contributed by atoms with E-state index in [1.54, 1.807) is 30.3 Å². The van der Waals surface area contributed by atoms with Crippen molar-refractivity contribution in [3.63, 3.8) is 0 Å². The van der Waals surface area contributed by atoms with Crippen molar-refractivity contribution in [2.45, 2.75) is 10.8 Å². The lowest BCUT2D eigenvalue weighted by molar-refractivity contribution is 0.627. The zero-order chi connectivity index (χ0) is 14.8. The molecule has 0 aliphatic rings. The second-order valence-electron chi connectivity index (χ2n) is 4.60. The molecule has 2 aromatic carbocycles. The van der Waals surface area contributed by atoms with Crippen LogP contribution in [0.2, 0.25) is 0 Å². The zero-order valence-corrected chi connectivity index (χ0v) is 11.7. The molecule has 2 nitrogen and oxygen atoms in total. The van der Waals surface area contributed by atoms with E-state index in [4.69, 9.17) is 0 Å². The summed E-state index contributed by atoms with van der Waals surface area (Å²) in [5.74, 6) is -0.389. The van der Waals surface area contributed by atoms with E-state index < -0.39 is 10.8 Å². The Morgan fingerprint density at radius 3 is 2.38 bits per heavy atom. The normalized spacial score (nSPS) is 12.5. The second kappa shape index (κ2) is 5.69. The topological polar surface area (TPSA) is 30.0 Å². The highest BCUT2D eigenvalue weighted by Crippen LogP contribution is 2.17. The molecule has 0 bridgehead atoms. The lowest BCUT2D eigenvalue weighted by Gasteiger charge is -2.04. The van der Waals surface area contributed by atoms with E-state index in [-0.39, 0.29) is 17.4 Å². The molecule has 106 valence electrons. The molecule has 1 aromatic heterocycles. The number of halogens is 2. The highest BCUT2D eigenvalue weighted by Gasteiger charge is 2.08. The van der Waals surface area contributed by atoms with Gasteiger partial charge in [0.15, 0.2) is 0 Å². The summed E-state index contributed by atoms with van der Waals surface area (Å²) >= 11 is 0. The van der Waals surface area contributed by atoms with Gasteiger partial charge in [-0.15, -0.1) is 0 Å². The minimum atomic E-state index is -1.33. The van der Waals surface area contributed by atoms with Crippen LogP contribution in [0.15, 0.2) is 59.6 Å². The maximum absolute atomic E-state index is 13.1. The minimum Gasteiger partial charge on any atom is -0.252 e. The van der Waals surface area contributed by atoms with Crippen molar-refractivity contribution >= 4 is 21.7 Å². The van der Waals surface area contributed by atoms with Crippen LogP contribution in [0.4, 0.5) is 8.78 Å². The molecule has 0 spiro atoms. The summed E-state index contributed by atoms with van der Waals surface area (Å²) in [6.45, 7) is 0. The highest BCUT2D eigenvalue weighted by molar-refractivity contribution is 7.84. The number of nitrogens with zero attached hydrogens (tertiary/aromatic N) is 1. The number of rotatable bonds is 3. The first-order chi connectivity index (χ1) is 10.1. The number of benzene rings is 2. The van der Waals surface area contributed by atoms with Crippen molar-refractivity contribution in [1.82, 2.24) is 4.98 Å². The molecule has 0 fully saturated rings. The largest absolute Gasteiger partial charge is 0.252 e. The molecule has 3 rings (SSSR count). The molecule has 0 radical (unpaired) electrons. The maximum atomic E-state index is 13.1. The van der Waals surface area contributed by atoms with Crippen LogP contribution < -0.4 is 0 Å². The van der Waals surface area contributed by atoms with Crippen LogP contribution in [0, 0.1) is 11.6 Å². The highest BCUT2D eigenvalue weighted by atomic mass is 32.2. The first-order valence-electron chi connectivity index (χ1n) is 6.31. The Morgan fingerprint density at radius 2 is 1.62 bits per heavy atom. The Morgan fingerprint density at radius 1 is 0.905 bits per heavy atom. The summed E-state index contributed by atoms with van der Waals surface area (Å²) in [5.41, 5.74) is 1.37. The lowest BCUT2D eigenvalue weighted by atomic mass is 10.2. The molecule has 0 amide bonds. The smallest absolute Gasteiger partial charge is 0.128 e. The van der Waals surface area contributed by atoms with Gasteiger partial charge in [-0.2, -0.15) is 0 Å². The minimum absolute atomic E-state index is 0.264. The Hall–Kier alpha value is -2.14. The first-order valence-corrected chi connectivity index (χ1v) is 7.63. The molecule has 21 heavy (non-hydrogen) atoms. The number of fused-ring (bicyclic) bond motifs is 1. The molecule has 0 saturated carbocycles. The molecule has 5 heteroatoms. The van der Waals surface area contributed by atoms with Gasteiger partial charge in [-0.05, 0) is 48.0 Å². The Labute approximate surface area is 122 Å². The monoisotopic (exact) mass is 303 g/mol. The Kier molecular flexibility index (Phi) is 3.75. The maximum Gasteiger partial charge on any atom is 0.128 e. The van der Waals surface area contributed by atoms with Crippen molar-refractivity contribution in [1.29, 1.82) is 0 Å². The second-order valence-corrected chi connectivity index (χ2v) is 6.00. The summed E-state index contributed by atoms with van der Waals surface area (Å²) in [6, 6.07) is 13.5. The van der Waals surface area contributed by atoms with Crippen LogP contribution in [-0.2, 0) is 16.6 Å². The van der Waals surface area contributed by atoms with Gasteiger partial charge in [0.1, 0.15) is 16.7 Å². The molecule has 1 atom stereocenters. The standard InChI is InChI=1S/C16H11F2NOS/c17-13-4-1-11(2-5-13)10-21(20)16-8-3-12-9-14(18)6-7-15(12)19-16/h1-9H,10H2. The predicted molar refractivity (Wildman–Crippen MR) is 78.2 cm³/mol. The van der Waals surface area contributed by atoms with Crippen molar-refractivity contribution in [3.05, 3.63) is 71.8 Å². The van der Waals surface area contributed by atoms with Gasteiger partial charge in [-0.1, -0.05) is 12.1 Å². The van der Waals surface area contributed by atoms with Gasteiger partial charge >= 0.3 is 0 Å². The lowest BCUT2D eigenvalue weighted by Crippen LogP contribution is -1.99. The van der Waals surface area contributed by atoms with E-state index in [2.05, 4.69) is 4.98 Å². The molecular weight excluding hydrogens is 292 g/mol. The third-order valence-electron chi connectivity index (χ3n) is 3.07. The molecule has 0 aliphatic heterocycles. The zero-order valence-electron chi connectivity index (χ0n) is 10.9. The molecular formula is C16H11F2NOS. The van der Waals surface area contributed by atoms with Crippen LogP contribution in [0.3, 0.4) is 0 Å². The van der Waals surface area contributed by atoms with Crippen LogP contribution in [-0.4, -0.2) is 9.19 Å². The number of aromatic nitrogens is 1. The van der Waals surface area contributed by atoms with Crippen LogP contribution in [0.25, 0.3) is 10.9 Å². The van der Waals surface area contributed by atoms with Gasteiger partial charge in [-0.3, -0.25) is 4.21 Å². The van der Waals surface area contributed by atoms with Gasteiger partial charge in [0.25, 0.3) is 0 Å². The number of hydrogen-bond donors (Lipinski definition) is 0. The summed E-state index contributed by atoms with van der Waals surface area (Å²) < 4.78 is 38.2. The van der Waals surface area contributed by atoms with Crippen molar-refractivity contribution in [2.75, 3.05) is 0 Å². The average molecular weight is 303 g/mol. The third kappa shape index (κ3) is 3.13. The first kappa shape index (κ1) is 13.8. The van der Waals surface area contributed by atoms with Gasteiger partial charge < -0.3 is 0 Å². The number of hydrogen-bond acceptors (Lipinski definition) is 2. The van der Waals surface area contributed by atoms with Gasteiger partial charge in [0, 0.05) is 5.39 Å². The van der Waals surface area contributed by atoms with Crippen LogP contribution >= 0.6 is 0 Å². The van der Waals surface area contributed by atoms with Crippen LogP contribution in [0.5, 0.6) is 0 Å². The van der Waals surface area contributed by atoms with E-state index in [0.29, 0.717) is 15.9 Å².